The van der Waals surface area contributed by atoms with Crippen LogP contribution >= 0.6 is 0 Å². The number of hydrogen-bond acceptors (Lipinski definition) is 6. The molecule has 0 atom stereocenters. The fraction of sp³-hybridized carbons (Fsp3) is 0.0455. The number of benzene rings is 3. The molecule has 0 heterocycles. The fourth-order valence-electron chi connectivity index (χ4n) is 2.65. The third-order valence-corrected chi connectivity index (χ3v) is 4.17. The van der Waals surface area contributed by atoms with Gasteiger partial charge in [-0.3, -0.25) is 14.9 Å². The number of rotatable bonds is 7. The predicted molar refractivity (Wildman–Crippen MR) is 117 cm³/mol. The second-order valence-corrected chi connectivity index (χ2v) is 6.57. The molecule has 0 aliphatic carbocycles. The number of anilines is 3. The third-order valence-electron chi connectivity index (χ3n) is 4.17. The van der Waals surface area contributed by atoms with Crippen molar-refractivity contribution in [3.05, 3.63) is 94.3 Å². The van der Waals surface area contributed by atoms with Crippen molar-refractivity contribution in [2.45, 2.75) is 0 Å². The van der Waals surface area contributed by atoms with E-state index in [4.69, 9.17) is 4.74 Å². The standard InChI is InChI=1S/C22H17FN4O6/c23-18-11-10-17(12-19(18)27(31)32)24-20(28)13-33-21(29)14-6-8-16(9-7-14)26-22(30)25-15-4-2-1-3-5-15/h1-12H,13H2,(H,24,28)(H2,25,26,30). The molecule has 0 bridgehead atoms. The van der Waals surface area contributed by atoms with Crippen LogP contribution in [0, 0.1) is 15.9 Å². The fourth-order valence-corrected chi connectivity index (χ4v) is 2.65. The van der Waals surface area contributed by atoms with Gasteiger partial charge in [-0.05, 0) is 48.5 Å². The van der Waals surface area contributed by atoms with Crippen molar-refractivity contribution in [3.8, 4) is 0 Å². The summed E-state index contributed by atoms with van der Waals surface area (Å²) in [6.07, 6.45) is 0. The van der Waals surface area contributed by atoms with Gasteiger partial charge in [0, 0.05) is 23.1 Å². The maximum atomic E-state index is 13.3. The van der Waals surface area contributed by atoms with Crippen LogP contribution in [0.5, 0.6) is 0 Å². The third kappa shape index (κ3) is 6.59. The Kier molecular flexibility index (Phi) is 7.27. The van der Waals surface area contributed by atoms with Gasteiger partial charge in [0.1, 0.15) is 0 Å². The number of nitro groups is 1. The summed E-state index contributed by atoms with van der Waals surface area (Å²) >= 11 is 0. The Morgan fingerprint density at radius 1 is 0.848 bits per heavy atom. The summed E-state index contributed by atoms with van der Waals surface area (Å²) in [7, 11) is 0. The van der Waals surface area contributed by atoms with Crippen molar-refractivity contribution in [2.24, 2.45) is 0 Å². The Morgan fingerprint density at radius 3 is 2.09 bits per heavy atom. The molecule has 11 heteroatoms. The van der Waals surface area contributed by atoms with Gasteiger partial charge in [0.25, 0.3) is 5.91 Å². The average Bonchev–Trinajstić information content (AvgIpc) is 2.79. The number of nitrogens with zero attached hydrogens (tertiary/aromatic N) is 1. The molecule has 3 aromatic rings. The topological polar surface area (TPSA) is 140 Å². The molecule has 0 spiro atoms. The van der Waals surface area contributed by atoms with Crippen LogP contribution in [0.4, 0.5) is 31.9 Å². The molecule has 3 aromatic carbocycles. The zero-order chi connectivity index (χ0) is 23.8. The summed E-state index contributed by atoms with van der Waals surface area (Å²) < 4.78 is 18.3. The molecule has 0 saturated heterocycles. The molecule has 0 aromatic heterocycles. The second kappa shape index (κ2) is 10.5. The van der Waals surface area contributed by atoms with Crippen LogP contribution in [0.25, 0.3) is 0 Å². The second-order valence-electron chi connectivity index (χ2n) is 6.57. The number of urea groups is 1. The normalized spacial score (nSPS) is 10.1. The molecule has 3 rings (SSSR count). The van der Waals surface area contributed by atoms with Crippen LogP contribution in [0.15, 0.2) is 72.8 Å². The highest BCUT2D eigenvalue weighted by atomic mass is 19.1. The molecule has 0 saturated carbocycles. The van der Waals surface area contributed by atoms with Crippen LogP contribution in [0.3, 0.4) is 0 Å². The van der Waals surface area contributed by atoms with Crippen LogP contribution in [0.2, 0.25) is 0 Å². The molecule has 3 N–H and O–H groups in total. The van der Waals surface area contributed by atoms with Gasteiger partial charge in [-0.2, -0.15) is 4.39 Å². The van der Waals surface area contributed by atoms with Gasteiger partial charge < -0.3 is 20.7 Å². The van der Waals surface area contributed by atoms with E-state index in [9.17, 15) is 28.9 Å². The first-order chi connectivity index (χ1) is 15.8. The largest absolute Gasteiger partial charge is 0.452 e. The molecule has 0 radical (unpaired) electrons. The Morgan fingerprint density at radius 2 is 1.45 bits per heavy atom. The van der Waals surface area contributed by atoms with Crippen molar-refractivity contribution < 1.29 is 28.4 Å². The number of halogens is 1. The Labute approximate surface area is 186 Å². The van der Waals surface area contributed by atoms with E-state index >= 15 is 0 Å². The average molecular weight is 452 g/mol. The minimum atomic E-state index is -1.04. The number of amides is 3. The van der Waals surface area contributed by atoms with E-state index in [1.165, 1.54) is 24.3 Å². The molecule has 0 aliphatic rings. The number of nitrogens with one attached hydrogen (secondary N) is 3. The number of esters is 1. The minimum Gasteiger partial charge on any atom is -0.452 e. The quantitative estimate of drug-likeness (QED) is 0.279. The van der Waals surface area contributed by atoms with E-state index in [2.05, 4.69) is 16.0 Å². The zero-order valence-corrected chi connectivity index (χ0v) is 16.9. The number of para-hydroxylation sites is 1. The number of carbonyl (C=O) groups excluding carboxylic acids is 3. The first-order valence-electron chi connectivity index (χ1n) is 9.46. The molecular formula is C22H17FN4O6. The van der Waals surface area contributed by atoms with E-state index in [1.807, 2.05) is 6.07 Å². The van der Waals surface area contributed by atoms with Crippen molar-refractivity contribution in [1.82, 2.24) is 0 Å². The summed E-state index contributed by atoms with van der Waals surface area (Å²) in [5, 5.41) is 18.3. The molecular weight excluding hydrogens is 435 g/mol. The molecule has 10 nitrogen and oxygen atoms in total. The first kappa shape index (κ1) is 22.9. The molecule has 0 aliphatic heterocycles. The van der Waals surface area contributed by atoms with Crippen molar-refractivity contribution >= 4 is 40.7 Å². The van der Waals surface area contributed by atoms with Crippen molar-refractivity contribution in [1.29, 1.82) is 0 Å². The van der Waals surface area contributed by atoms with Crippen LogP contribution < -0.4 is 16.0 Å². The highest BCUT2D eigenvalue weighted by molar-refractivity contribution is 6.00. The number of ether oxygens (including phenoxy) is 1. The highest BCUT2D eigenvalue weighted by Gasteiger charge is 2.16. The molecule has 0 unspecified atom stereocenters. The lowest BCUT2D eigenvalue weighted by atomic mass is 10.2. The lowest BCUT2D eigenvalue weighted by Gasteiger charge is -2.09. The van der Waals surface area contributed by atoms with E-state index in [-0.39, 0.29) is 11.3 Å². The maximum Gasteiger partial charge on any atom is 0.338 e. The van der Waals surface area contributed by atoms with E-state index in [1.54, 1.807) is 24.3 Å². The molecule has 3 amide bonds. The molecule has 168 valence electrons. The minimum absolute atomic E-state index is 0.0200. The maximum absolute atomic E-state index is 13.3. The van der Waals surface area contributed by atoms with Crippen molar-refractivity contribution in [2.75, 3.05) is 22.6 Å². The highest BCUT2D eigenvalue weighted by Crippen LogP contribution is 2.21. The van der Waals surface area contributed by atoms with Gasteiger partial charge in [0.2, 0.25) is 5.82 Å². The van der Waals surface area contributed by atoms with Crippen LogP contribution in [-0.2, 0) is 9.53 Å². The first-order valence-corrected chi connectivity index (χ1v) is 9.46. The molecule has 0 fully saturated rings. The van der Waals surface area contributed by atoms with Crippen molar-refractivity contribution in [3.63, 3.8) is 0 Å². The monoisotopic (exact) mass is 452 g/mol. The number of nitro benzene ring substituents is 1. The zero-order valence-electron chi connectivity index (χ0n) is 16.9. The van der Waals surface area contributed by atoms with E-state index in [0.29, 0.717) is 11.4 Å². The summed E-state index contributed by atoms with van der Waals surface area (Å²) in [6, 6.07) is 17.0. The Bertz CT molecular complexity index is 1190. The predicted octanol–water partition coefficient (Wildman–Crippen LogP) is 4.17. The summed E-state index contributed by atoms with van der Waals surface area (Å²) in [4.78, 5) is 45.9. The lowest BCUT2D eigenvalue weighted by Crippen LogP contribution is -2.21. The van der Waals surface area contributed by atoms with Gasteiger partial charge in [0.05, 0.1) is 10.5 Å². The number of hydrogen-bond donors (Lipinski definition) is 3. The number of carbonyl (C=O) groups is 3. The van der Waals surface area contributed by atoms with Gasteiger partial charge in [-0.15, -0.1) is 0 Å². The Balaban J connectivity index is 1.49. The summed E-state index contributed by atoms with van der Waals surface area (Å²) in [5.41, 5.74) is 0.359. The van der Waals surface area contributed by atoms with Gasteiger partial charge >= 0.3 is 17.7 Å². The van der Waals surface area contributed by atoms with Gasteiger partial charge in [0.15, 0.2) is 6.61 Å². The van der Waals surface area contributed by atoms with Gasteiger partial charge in [-0.1, -0.05) is 18.2 Å². The van der Waals surface area contributed by atoms with Crippen LogP contribution in [-0.4, -0.2) is 29.4 Å². The smallest absolute Gasteiger partial charge is 0.338 e. The Hall–Kier alpha value is -4.80. The van der Waals surface area contributed by atoms with Crippen LogP contribution in [0.1, 0.15) is 10.4 Å². The van der Waals surface area contributed by atoms with Gasteiger partial charge in [-0.25, -0.2) is 9.59 Å². The van der Waals surface area contributed by atoms with E-state index in [0.717, 1.165) is 18.2 Å². The SMILES string of the molecule is O=C(COC(=O)c1ccc(NC(=O)Nc2ccccc2)cc1)Nc1ccc(F)c([N+](=O)[O-])c1. The molecule has 33 heavy (non-hydrogen) atoms. The summed E-state index contributed by atoms with van der Waals surface area (Å²) in [5.74, 6) is -2.60. The summed E-state index contributed by atoms with van der Waals surface area (Å²) in [6.45, 7) is -0.663. The lowest BCUT2D eigenvalue weighted by molar-refractivity contribution is -0.387. The van der Waals surface area contributed by atoms with E-state index < -0.39 is 40.9 Å².